The van der Waals surface area contributed by atoms with Crippen molar-refractivity contribution in [2.45, 2.75) is 26.3 Å². The van der Waals surface area contributed by atoms with Gasteiger partial charge in [-0.05, 0) is 19.4 Å². The van der Waals surface area contributed by atoms with Crippen LogP contribution in [0.1, 0.15) is 20.3 Å². The van der Waals surface area contributed by atoms with Gasteiger partial charge in [0.2, 0.25) is 15.9 Å². The molecule has 0 bridgehead atoms. The van der Waals surface area contributed by atoms with E-state index in [9.17, 15) is 28.1 Å². The molecule has 0 aromatic heterocycles. The molecule has 1 aromatic rings. The van der Waals surface area contributed by atoms with Crippen LogP contribution in [0.2, 0.25) is 0 Å². The molecule has 12 heteroatoms. The largest absolute Gasteiger partial charge is 0.450 e. The predicted octanol–water partition coefficient (Wildman–Crippen LogP) is 1.44. The van der Waals surface area contributed by atoms with Crippen molar-refractivity contribution >= 4 is 33.4 Å². The molecular formula is C18H26N4O7S. The molecule has 1 aliphatic heterocycles. The molecular weight excluding hydrogens is 416 g/mol. The third-order valence-electron chi connectivity index (χ3n) is 4.72. The molecule has 0 spiro atoms. The molecule has 1 atom stereocenters. The van der Waals surface area contributed by atoms with E-state index < -0.39 is 33.0 Å². The molecule has 2 rings (SSSR count). The minimum Gasteiger partial charge on any atom is -0.450 e. The number of carbonyl (C=O) groups is 2. The maximum Gasteiger partial charge on any atom is 0.409 e. The number of rotatable bonds is 7. The highest BCUT2D eigenvalue weighted by atomic mass is 32.2. The van der Waals surface area contributed by atoms with E-state index in [1.54, 1.807) is 13.8 Å². The fourth-order valence-corrected chi connectivity index (χ4v) is 4.52. The maximum absolute atomic E-state index is 13.2. The van der Waals surface area contributed by atoms with Gasteiger partial charge in [-0.2, -0.15) is 0 Å². The van der Waals surface area contributed by atoms with E-state index in [1.807, 2.05) is 0 Å². The Morgan fingerprint density at radius 3 is 2.30 bits per heavy atom. The number of hydrogen-bond acceptors (Lipinski definition) is 7. The van der Waals surface area contributed by atoms with Crippen molar-refractivity contribution in [1.82, 2.24) is 9.80 Å². The molecule has 0 N–H and O–H groups in total. The summed E-state index contributed by atoms with van der Waals surface area (Å²) < 4.78 is 30.9. The smallest absolute Gasteiger partial charge is 0.409 e. The number of benzene rings is 1. The Balaban J connectivity index is 2.26. The van der Waals surface area contributed by atoms with Gasteiger partial charge in [0.15, 0.2) is 0 Å². The quantitative estimate of drug-likeness (QED) is 0.461. The van der Waals surface area contributed by atoms with E-state index >= 15 is 0 Å². The second kappa shape index (κ2) is 9.74. The van der Waals surface area contributed by atoms with Crippen molar-refractivity contribution < 1.29 is 27.7 Å². The van der Waals surface area contributed by atoms with Crippen LogP contribution in [0, 0.1) is 10.1 Å². The summed E-state index contributed by atoms with van der Waals surface area (Å²) >= 11 is 0. The van der Waals surface area contributed by atoms with Crippen LogP contribution in [0.4, 0.5) is 16.2 Å². The number of non-ortho nitro benzene ring substituents is 1. The maximum atomic E-state index is 13.2. The normalized spacial score (nSPS) is 15.4. The third-order valence-corrected chi connectivity index (χ3v) is 5.90. The fourth-order valence-electron chi connectivity index (χ4n) is 3.32. The Morgan fingerprint density at radius 1 is 1.20 bits per heavy atom. The van der Waals surface area contributed by atoms with Crippen molar-refractivity contribution in [2.24, 2.45) is 0 Å². The molecule has 1 aromatic carbocycles. The average Bonchev–Trinajstić information content (AvgIpc) is 2.70. The lowest BCUT2D eigenvalue weighted by atomic mass is 10.1. The van der Waals surface area contributed by atoms with Gasteiger partial charge in [-0.1, -0.05) is 13.0 Å². The number of carbonyl (C=O) groups excluding carboxylic acids is 2. The highest BCUT2D eigenvalue weighted by Crippen LogP contribution is 2.27. The van der Waals surface area contributed by atoms with Crippen molar-refractivity contribution in [1.29, 1.82) is 0 Å². The van der Waals surface area contributed by atoms with Crippen LogP contribution in [-0.4, -0.2) is 80.2 Å². The Hall–Kier alpha value is -2.89. The molecule has 166 valence electrons. The number of amides is 2. The number of nitrogens with zero attached hydrogens (tertiary/aromatic N) is 4. The van der Waals surface area contributed by atoms with Crippen LogP contribution in [0.5, 0.6) is 0 Å². The molecule has 1 aliphatic rings. The molecule has 1 fully saturated rings. The van der Waals surface area contributed by atoms with E-state index in [0.717, 1.165) is 16.6 Å². The zero-order chi connectivity index (χ0) is 22.5. The Bertz CT molecular complexity index is 898. The van der Waals surface area contributed by atoms with Gasteiger partial charge in [0, 0.05) is 38.3 Å². The number of hydrogen-bond donors (Lipinski definition) is 0. The number of ether oxygens (including phenoxy) is 1. The number of nitro groups is 1. The van der Waals surface area contributed by atoms with Gasteiger partial charge in [-0.25, -0.2) is 13.2 Å². The fraction of sp³-hybridized carbons (Fsp3) is 0.556. The van der Waals surface area contributed by atoms with Gasteiger partial charge in [-0.15, -0.1) is 0 Å². The Labute approximate surface area is 175 Å². The van der Waals surface area contributed by atoms with Gasteiger partial charge < -0.3 is 14.5 Å². The molecule has 1 unspecified atom stereocenters. The summed E-state index contributed by atoms with van der Waals surface area (Å²) in [5, 5.41) is 11.1. The predicted molar refractivity (Wildman–Crippen MR) is 110 cm³/mol. The van der Waals surface area contributed by atoms with E-state index in [-0.39, 0.29) is 50.6 Å². The van der Waals surface area contributed by atoms with Gasteiger partial charge in [0.25, 0.3) is 5.69 Å². The second-order valence-corrected chi connectivity index (χ2v) is 8.63. The van der Waals surface area contributed by atoms with Crippen molar-refractivity contribution in [2.75, 3.05) is 43.3 Å². The molecule has 1 saturated heterocycles. The number of nitro benzene ring substituents is 1. The van der Waals surface area contributed by atoms with Gasteiger partial charge in [-0.3, -0.25) is 19.2 Å². The summed E-state index contributed by atoms with van der Waals surface area (Å²) in [5.41, 5.74) is -0.219. The lowest BCUT2D eigenvalue weighted by Gasteiger charge is -2.38. The number of sulfonamides is 1. The first-order valence-electron chi connectivity index (χ1n) is 9.54. The van der Waals surface area contributed by atoms with Crippen molar-refractivity contribution in [3.8, 4) is 0 Å². The van der Waals surface area contributed by atoms with E-state index in [4.69, 9.17) is 4.74 Å². The van der Waals surface area contributed by atoms with Crippen molar-refractivity contribution in [3.63, 3.8) is 0 Å². The third kappa shape index (κ3) is 5.38. The average molecular weight is 442 g/mol. The summed E-state index contributed by atoms with van der Waals surface area (Å²) in [6.07, 6.45) is 0.679. The van der Waals surface area contributed by atoms with Gasteiger partial charge >= 0.3 is 6.09 Å². The molecule has 2 amide bonds. The second-order valence-electron chi connectivity index (χ2n) is 6.77. The van der Waals surface area contributed by atoms with Crippen LogP contribution in [-0.2, 0) is 19.6 Å². The first kappa shape index (κ1) is 23.4. The summed E-state index contributed by atoms with van der Waals surface area (Å²) in [5.74, 6) is -0.419. The Morgan fingerprint density at radius 2 is 1.80 bits per heavy atom. The first-order chi connectivity index (χ1) is 14.1. The zero-order valence-corrected chi connectivity index (χ0v) is 18.0. The van der Waals surface area contributed by atoms with E-state index in [0.29, 0.717) is 0 Å². The summed E-state index contributed by atoms with van der Waals surface area (Å²) in [4.78, 5) is 38.5. The lowest BCUT2D eigenvalue weighted by Crippen LogP contribution is -2.56. The van der Waals surface area contributed by atoms with E-state index in [2.05, 4.69) is 0 Å². The lowest BCUT2D eigenvalue weighted by molar-refractivity contribution is -0.384. The SMILES string of the molecule is CCOC(=O)N1CCN(C(=O)C(CC)N(c2cccc([N+](=O)[O-])c2)S(C)(=O)=O)CC1. The van der Waals surface area contributed by atoms with Crippen LogP contribution >= 0.6 is 0 Å². The van der Waals surface area contributed by atoms with Crippen LogP contribution in [0.15, 0.2) is 24.3 Å². The first-order valence-corrected chi connectivity index (χ1v) is 11.4. The molecule has 0 saturated carbocycles. The Kier molecular flexibility index (Phi) is 7.59. The summed E-state index contributed by atoms with van der Waals surface area (Å²) in [7, 11) is -3.91. The molecule has 30 heavy (non-hydrogen) atoms. The minimum absolute atomic E-state index is 0.0528. The monoisotopic (exact) mass is 442 g/mol. The molecule has 11 nitrogen and oxygen atoms in total. The van der Waals surface area contributed by atoms with Crippen LogP contribution < -0.4 is 4.31 Å². The minimum atomic E-state index is -3.91. The van der Waals surface area contributed by atoms with E-state index in [1.165, 1.54) is 28.0 Å². The van der Waals surface area contributed by atoms with Gasteiger partial charge in [0.1, 0.15) is 6.04 Å². The number of piperazine rings is 1. The van der Waals surface area contributed by atoms with Crippen LogP contribution in [0.3, 0.4) is 0 Å². The summed E-state index contributed by atoms with van der Waals surface area (Å²) in [6, 6.07) is 4.12. The molecule has 0 aliphatic carbocycles. The highest BCUT2D eigenvalue weighted by molar-refractivity contribution is 7.92. The van der Waals surface area contributed by atoms with Gasteiger partial charge in [0.05, 0.1) is 23.5 Å². The molecule has 0 radical (unpaired) electrons. The summed E-state index contributed by atoms with van der Waals surface area (Å²) in [6.45, 7) is 4.65. The van der Waals surface area contributed by atoms with Crippen molar-refractivity contribution in [3.05, 3.63) is 34.4 Å². The highest BCUT2D eigenvalue weighted by Gasteiger charge is 2.36. The number of anilines is 1. The molecule has 1 heterocycles. The van der Waals surface area contributed by atoms with Crippen LogP contribution in [0.25, 0.3) is 0 Å². The zero-order valence-electron chi connectivity index (χ0n) is 17.2. The topological polar surface area (TPSA) is 130 Å². The standard InChI is InChI=1S/C18H26N4O7S/c1-4-16(17(23)19-9-11-20(12-10-19)18(24)29-5-2)21(30(3,27)28)14-7-6-8-15(13-14)22(25)26/h6-8,13,16H,4-5,9-12H2,1-3H3.